The molecule has 0 aliphatic rings. The molecule has 0 bridgehead atoms. The van der Waals surface area contributed by atoms with E-state index in [1.54, 1.807) is 0 Å². The van der Waals surface area contributed by atoms with E-state index < -0.39 is 7.82 Å². The second-order valence-corrected chi connectivity index (χ2v) is 1.54. The van der Waals surface area contributed by atoms with Gasteiger partial charge in [0.25, 0.3) is 0 Å². The highest BCUT2D eigenvalue weighted by molar-refractivity contribution is 7.88. The highest BCUT2D eigenvalue weighted by atomic mass is 32.4. The molecule has 0 saturated heterocycles. The van der Waals surface area contributed by atoms with Crippen LogP contribution in [0.25, 0.3) is 0 Å². The topological polar surface area (TPSA) is 77.8 Å². The van der Waals surface area contributed by atoms with Gasteiger partial charge in [-0.15, -0.1) is 0 Å². The molecule has 0 saturated carbocycles. The molecule has 0 spiro atoms. The zero-order chi connectivity index (χ0) is 6.50. The molecule has 0 aromatic rings. The third-order valence-corrected chi connectivity index (χ3v) is 0. The van der Waals surface area contributed by atoms with Gasteiger partial charge in [0.15, 0.2) is 0 Å². The van der Waals surface area contributed by atoms with Crippen LogP contribution in [0.15, 0.2) is 0 Å². The maximum absolute atomic E-state index is 8.88. The van der Waals surface area contributed by atoms with Crippen molar-refractivity contribution < 1.29 is 19.2 Å². The standard InChI is InChI=1S/H3O4P.PS/c1-5(2,3)4;1-2/h(H3,1,2,3,4);. The molecule has 7 heteroatoms. The van der Waals surface area contributed by atoms with Gasteiger partial charge in [0.05, 0.1) is 0 Å². The fourth-order valence-corrected chi connectivity index (χ4v) is 0. The molecule has 4 nitrogen and oxygen atoms in total. The van der Waals surface area contributed by atoms with Gasteiger partial charge >= 0.3 is 7.82 Å². The first-order chi connectivity index (χ1) is 3.00. The lowest BCUT2D eigenvalue weighted by atomic mass is 15.8. The molecule has 1 radical (unpaired) electrons. The van der Waals surface area contributed by atoms with Crippen LogP contribution < -0.4 is 0 Å². The molecule has 0 aliphatic carbocycles. The Hall–Kier alpha value is 0.630. The van der Waals surface area contributed by atoms with Crippen molar-refractivity contribution in [3.8, 4) is 0 Å². The molecule has 3 N–H and O–H groups in total. The fourth-order valence-electron chi connectivity index (χ4n) is 0. The zero-order valence-corrected chi connectivity index (χ0v) is 5.66. The van der Waals surface area contributed by atoms with Crippen molar-refractivity contribution in [1.82, 2.24) is 0 Å². The lowest BCUT2D eigenvalue weighted by molar-refractivity contribution is 0.275. The number of phosphoric acid groups is 1. The van der Waals surface area contributed by atoms with E-state index in [0.717, 1.165) is 0 Å². The largest absolute Gasteiger partial charge is 0.466 e. The van der Waals surface area contributed by atoms with Crippen LogP contribution in [0.5, 0.6) is 0 Å². The van der Waals surface area contributed by atoms with Crippen LogP contribution in [0.4, 0.5) is 0 Å². The van der Waals surface area contributed by atoms with E-state index in [1.807, 2.05) is 0 Å². The quantitative estimate of drug-likeness (QED) is 0.433. The van der Waals surface area contributed by atoms with Gasteiger partial charge in [0, 0.05) is 8.02 Å². The van der Waals surface area contributed by atoms with Crippen molar-refractivity contribution in [3.63, 3.8) is 0 Å². The minimum atomic E-state index is -4.64. The van der Waals surface area contributed by atoms with Crippen LogP contribution in [0, 0.1) is 0 Å². The number of hydrogen-bond donors (Lipinski definition) is 3. The summed E-state index contributed by atoms with van der Waals surface area (Å²) in [6, 6.07) is 0. The van der Waals surface area contributed by atoms with E-state index in [2.05, 4.69) is 19.8 Å². The Kier molecular flexibility index (Phi) is 7.23. The first-order valence-corrected chi connectivity index (χ1v) is 3.99. The third-order valence-electron chi connectivity index (χ3n) is 0. The van der Waals surface area contributed by atoms with E-state index >= 15 is 0 Å². The lowest BCUT2D eigenvalue weighted by Crippen LogP contribution is -1.66. The summed E-state index contributed by atoms with van der Waals surface area (Å²) in [6.07, 6.45) is 0. The van der Waals surface area contributed by atoms with Crippen LogP contribution >= 0.6 is 15.8 Å². The molecule has 0 aliphatic heterocycles. The summed E-state index contributed by atoms with van der Waals surface area (Å²) >= 11 is 3.78. The molecule has 0 aromatic carbocycles. The molecule has 0 amide bonds. The highest BCUT2D eigenvalue weighted by Gasteiger charge is 2.00. The minimum Gasteiger partial charge on any atom is -0.303 e. The predicted molar refractivity (Wildman–Crippen MR) is 28.5 cm³/mol. The second-order valence-electron chi connectivity index (χ2n) is 0.513. The molecular weight excluding hydrogens is 158 g/mol. The molecule has 0 rings (SSSR count). The SMILES string of the molecule is O=P(O)(O)O.[P]=S. The van der Waals surface area contributed by atoms with Crippen molar-refractivity contribution in [2.75, 3.05) is 0 Å². The first-order valence-electron chi connectivity index (χ1n) is 0.965. The summed E-state index contributed by atoms with van der Waals surface area (Å²) in [7, 11) is -1.53. The normalized spacial score (nSPS) is 9.00. The molecule has 0 aromatic heterocycles. The van der Waals surface area contributed by atoms with Crippen LogP contribution in [-0.2, 0) is 16.4 Å². The third kappa shape index (κ3) is 358. The molecule has 0 heterocycles. The maximum atomic E-state index is 8.88. The summed E-state index contributed by atoms with van der Waals surface area (Å²) in [6.45, 7) is 0. The van der Waals surface area contributed by atoms with Crippen molar-refractivity contribution >= 4 is 27.6 Å². The van der Waals surface area contributed by atoms with Crippen LogP contribution in [-0.4, -0.2) is 14.7 Å². The van der Waals surface area contributed by atoms with Crippen molar-refractivity contribution in [1.29, 1.82) is 0 Å². The highest BCUT2D eigenvalue weighted by Crippen LogP contribution is 2.25. The maximum Gasteiger partial charge on any atom is 0.466 e. The van der Waals surface area contributed by atoms with E-state index in [9.17, 15) is 0 Å². The Morgan fingerprint density at radius 1 is 1.29 bits per heavy atom. The minimum absolute atomic E-state index is 3.11. The van der Waals surface area contributed by atoms with Gasteiger partial charge in [-0.3, -0.25) is 0 Å². The van der Waals surface area contributed by atoms with Crippen molar-refractivity contribution in [2.45, 2.75) is 0 Å². The lowest BCUT2D eigenvalue weighted by Gasteiger charge is -1.82. The van der Waals surface area contributed by atoms with E-state index in [0.29, 0.717) is 0 Å². The van der Waals surface area contributed by atoms with Crippen LogP contribution in [0.1, 0.15) is 0 Å². The monoisotopic (exact) mass is 161 g/mol. The Morgan fingerprint density at radius 2 is 1.29 bits per heavy atom. The van der Waals surface area contributed by atoms with Gasteiger partial charge in [0.2, 0.25) is 0 Å². The molecule has 0 fully saturated rings. The summed E-state index contributed by atoms with van der Waals surface area (Å²) < 4.78 is 8.88. The predicted octanol–water partition coefficient (Wildman–Crippen LogP) is -0.0698. The number of rotatable bonds is 0. The van der Waals surface area contributed by atoms with Gasteiger partial charge in [-0.25, -0.2) is 4.57 Å². The van der Waals surface area contributed by atoms with Gasteiger partial charge in [0.1, 0.15) is 0 Å². The Morgan fingerprint density at radius 3 is 1.29 bits per heavy atom. The summed E-state index contributed by atoms with van der Waals surface area (Å²) in [5.74, 6) is 0. The van der Waals surface area contributed by atoms with Crippen LogP contribution in [0.3, 0.4) is 0 Å². The first kappa shape index (κ1) is 10.6. The van der Waals surface area contributed by atoms with Gasteiger partial charge in [-0.2, -0.15) is 0 Å². The smallest absolute Gasteiger partial charge is 0.303 e. The van der Waals surface area contributed by atoms with Crippen LogP contribution in [0.2, 0.25) is 0 Å². The Labute approximate surface area is 47.7 Å². The van der Waals surface area contributed by atoms with E-state index in [1.165, 1.54) is 0 Å². The summed E-state index contributed by atoms with van der Waals surface area (Å²) in [4.78, 5) is 21.6. The van der Waals surface area contributed by atoms with Gasteiger partial charge in [-0.1, -0.05) is 0 Å². The van der Waals surface area contributed by atoms with Gasteiger partial charge in [-0.05, 0) is 11.8 Å². The number of hydrogen-bond acceptors (Lipinski definition) is 2. The van der Waals surface area contributed by atoms with E-state index in [-0.39, 0.29) is 0 Å². The molecular formula is H3O4P2S. The average molecular weight is 161 g/mol. The molecule has 7 heavy (non-hydrogen) atoms. The van der Waals surface area contributed by atoms with E-state index in [4.69, 9.17) is 19.2 Å². The molecule has 43 valence electrons. The van der Waals surface area contributed by atoms with Crippen molar-refractivity contribution in [3.05, 3.63) is 0 Å². The summed E-state index contributed by atoms with van der Waals surface area (Å²) in [5, 5.41) is 0. The summed E-state index contributed by atoms with van der Waals surface area (Å²) in [5.41, 5.74) is 0. The second kappa shape index (κ2) is 4.78. The average Bonchev–Trinajstić information content (AvgIpc) is 1.36. The fraction of sp³-hybridized carbons (Fsp3) is 0. The zero-order valence-electron chi connectivity index (χ0n) is 3.05. The molecule has 0 atom stereocenters. The van der Waals surface area contributed by atoms with Gasteiger partial charge < -0.3 is 14.7 Å². The Balaban J connectivity index is 0. The molecule has 0 unspecified atom stereocenters. The van der Waals surface area contributed by atoms with Crippen molar-refractivity contribution in [2.24, 2.45) is 0 Å². The Bertz CT molecular complexity index is 65.5.